The quantitative estimate of drug-likeness (QED) is 0.398. The van der Waals surface area contributed by atoms with Crippen molar-refractivity contribution in [2.45, 2.75) is 12.5 Å². The topological polar surface area (TPSA) is 81.6 Å². The van der Waals surface area contributed by atoms with E-state index in [2.05, 4.69) is 11.1 Å². The number of aromatic amines is 1. The van der Waals surface area contributed by atoms with Crippen molar-refractivity contribution in [3.63, 3.8) is 0 Å². The molecule has 0 aliphatic carbocycles. The van der Waals surface area contributed by atoms with Crippen molar-refractivity contribution >= 4 is 54.6 Å². The maximum Gasteiger partial charge on any atom is 0.261 e. The Labute approximate surface area is 184 Å². The second-order valence-electron chi connectivity index (χ2n) is 7.31. The number of hydrogen-bond donors (Lipinski definition) is 2. The van der Waals surface area contributed by atoms with E-state index in [-0.39, 0.29) is 22.9 Å². The molecule has 6 rings (SSSR count). The fraction of sp³-hybridized carbons (Fsp3) is 0.0870. The number of thiazole rings is 1. The molecule has 0 bridgehead atoms. The minimum atomic E-state index is -0.342. The average molecular weight is 445 g/mol. The number of H-pyrrole nitrogens is 1. The molecule has 1 atom stereocenters. The number of hydrogen-bond acceptors (Lipinski definition) is 7. The summed E-state index contributed by atoms with van der Waals surface area (Å²) in [6.07, 6.45) is 0.505. The number of aromatic nitrogens is 2. The summed E-state index contributed by atoms with van der Waals surface area (Å²) in [5, 5.41) is 21.1. The highest BCUT2D eigenvalue weighted by Gasteiger charge is 2.34. The van der Waals surface area contributed by atoms with Crippen LogP contribution in [0.5, 0.6) is 5.75 Å². The Morgan fingerprint density at radius 1 is 1.06 bits per heavy atom. The van der Waals surface area contributed by atoms with Crippen LogP contribution in [-0.2, 0) is 0 Å². The fourth-order valence-electron chi connectivity index (χ4n) is 3.99. The Balaban J connectivity index is 1.52. The zero-order valence-corrected chi connectivity index (χ0v) is 17.8. The standard InChI is InChI=1S/C23H16N4O2S2/c28-21-13-6-1-2-7-14(13)24-22(29)20(21)16-12-17(19-10-5-11-30-19)27(26-16)23-25-15-8-3-4-9-18(15)31-23/h1-11,17H,12H2,(H2,24,28,29). The van der Waals surface area contributed by atoms with Gasteiger partial charge in [-0.05, 0) is 35.7 Å². The van der Waals surface area contributed by atoms with Gasteiger partial charge in [-0.25, -0.2) is 9.99 Å². The second kappa shape index (κ2) is 7.04. The predicted molar refractivity (Wildman–Crippen MR) is 127 cm³/mol. The third-order valence-corrected chi connectivity index (χ3v) is 7.44. The Morgan fingerprint density at radius 3 is 2.74 bits per heavy atom. The molecule has 4 heterocycles. The van der Waals surface area contributed by atoms with E-state index in [4.69, 9.17) is 10.1 Å². The summed E-state index contributed by atoms with van der Waals surface area (Å²) in [4.78, 5) is 21.7. The molecular weight excluding hydrogens is 428 g/mol. The highest BCUT2D eigenvalue weighted by atomic mass is 32.1. The van der Waals surface area contributed by atoms with Gasteiger partial charge < -0.3 is 10.1 Å². The summed E-state index contributed by atoms with van der Waals surface area (Å²) >= 11 is 3.21. The molecular formula is C23H16N4O2S2. The lowest BCUT2D eigenvalue weighted by Crippen LogP contribution is -2.18. The van der Waals surface area contributed by atoms with Crippen LogP contribution < -0.4 is 10.6 Å². The molecule has 0 fully saturated rings. The van der Waals surface area contributed by atoms with Crippen molar-refractivity contribution in [3.8, 4) is 5.75 Å². The van der Waals surface area contributed by atoms with Crippen LogP contribution in [0.2, 0.25) is 0 Å². The third-order valence-electron chi connectivity index (χ3n) is 5.44. The SMILES string of the molecule is O=c1[nH]c2ccccc2c(O)c1C1=NN(c2nc3ccccc3s2)C(c2cccs2)C1. The summed E-state index contributed by atoms with van der Waals surface area (Å²) in [5.74, 6) is -0.0332. The number of para-hydroxylation sites is 2. The van der Waals surface area contributed by atoms with E-state index >= 15 is 0 Å². The van der Waals surface area contributed by atoms with E-state index in [1.165, 1.54) is 0 Å². The summed E-state index contributed by atoms with van der Waals surface area (Å²) in [6.45, 7) is 0. The molecule has 2 N–H and O–H groups in total. The van der Waals surface area contributed by atoms with Gasteiger partial charge in [-0.15, -0.1) is 11.3 Å². The monoisotopic (exact) mass is 444 g/mol. The minimum absolute atomic E-state index is 0.0332. The number of aromatic hydroxyl groups is 1. The molecule has 5 aromatic rings. The van der Waals surface area contributed by atoms with Crippen molar-refractivity contribution in [2.75, 3.05) is 5.01 Å². The number of fused-ring (bicyclic) bond motifs is 2. The van der Waals surface area contributed by atoms with Gasteiger partial charge in [0.1, 0.15) is 11.3 Å². The lowest BCUT2D eigenvalue weighted by Gasteiger charge is -2.19. The van der Waals surface area contributed by atoms with E-state index in [1.807, 2.05) is 52.9 Å². The van der Waals surface area contributed by atoms with Gasteiger partial charge in [0.15, 0.2) is 0 Å². The highest BCUT2D eigenvalue weighted by Crippen LogP contribution is 2.42. The van der Waals surface area contributed by atoms with Crippen molar-refractivity contribution < 1.29 is 5.11 Å². The van der Waals surface area contributed by atoms with Crippen LogP contribution in [0.25, 0.3) is 21.1 Å². The molecule has 1 aliphatic heterocycles. The number of hydrazone groups is 1. The van der Waals surface area contributed by atoms with Crippen LogP contribution in [0.15, 0.2) is 75.9 Å². The van der Waals surface area contributed by atoms with Crippen molar-refractivity contribution in [3.05, 3.63) is 86.8 Å². The number of pyridine rings is 1. The van der Waals surface area contributed by atoms with Gasteiger partial charge in [0.25, 0.3) is 5.56 Å². The van der Waals surface area contributed by atoms with Gasteiger partial charge in [0, 0.05) is 16.7 Å². The second-order valence-corrected chi connectivity index (χ2v) is 9.30. The average Bonchev–Trinajstić information content (AvgIpc) is 3.52. The third kappa shape index (κ3) is 2.95. The molecule has 8 heteroatoms. The Bertz CT molecular complexity index is 1480. The van der Waals surface area contributed by atoms with Gasteiger partial charge in [0.05, 0.1) is 27.5 Å². The highest BCUT2D eigenvalue weighted by molar-refractivity contribution is 7.22. The summed E-state index contributed by atoms with van der Waals surface area (Å²) in [5.41, 5.74) is 1.96. The van der Waals surface area contributed by atoms with E-state index in [9.17, 15) is 9.90 Å². The molecule has 1 unspecified atom stereocenters. The number of nitrogens with one attached hydrogen (secondary N) is 1. The van der Waals surface area contributed by atoms with Gasteiger partial charge in [-0.1, -0.05) is 41.7 Å². The molecule has 1 aliphatic rings. The first-order chi connectivity index (χ1) is 15.2. The molecule has 0 saturated heterocycles. The van der Waals surface area contributed by atoms with Gasteiger partial charge >= 0.3 is 0 Å². The number of benzene rings is 2. The molecule has 2 aromatic carbocycles. The Hall–Kier alpha value is -3.49. The Morgan fingerprint density at radius 2 is 1.90 bits per heavy atom. The minimum Gasteiger partial charge on any atom is -0.506 e. The molecule has 31 heavy (non-hydrogen) atoms. The number of nitrogens with zero attached hydrogens (tertiary/aromatic N) is 3. The molecule has 3 aromatic heterocycles. The van der Waals surface area contributed by atoms with Crippen LogP contribution in [0.3, 0.4) is 0 Å². The molecule has 0 radical (unpaired) electrons. The lowest BCUT2D eigenvalue weighted by atomic mass is 10.0. The zero-order valence-electron chi connectivity index (χ0n) is 16.1. The van der Waals surface area contributed by atoms with Crippen molar-refractivity contribution in [2.24, 2.45) is 5.10 Å². The maximum atomic E-state index is 12.9. The molecule has 6 nitrogen and oxygen atoms in total. The molecule has 0 saturated carbocycles. The molecule has 152 valence electrons. The number of rotatable bonds is 3. The van der Waals surface area contributed by atoms with Crippen LogP contribution in [0, 0.1) is 0 Å². The van der Waals surface area contributed by atoms with Crippen LogP contribution in [-0.4, -0.2) is 20.8 Å². The van der Waals surface area contributed by atoms with Crippen LogP contribution in [0.1, 0.15) is 22.9 Å². The summed E-state index contributed by atoms with van der Waals surface area (Å²) in [6, 6.07) is 19.2. The van der Waals surface area contributed by atoms with Gasteiger partial charge in [0.2, 0.25) is 5.13 Å². The van der Waals surface area contributed by atoms with Gasteiger partial charge in [-0.3, -0.25) is 4.79 Å². The first-order valence-corrected chi connectivity index (χ1v) is 11.5. The van der Waals surface area contributed by atoms with Crippen LogP contribution in [0.4, 0.5) is 5.13 Å². The van der Waals surface area contributed by atoms with E-state index in [1.54, 1.807) is 34.8 Å². The predicted octanol–water partition coefficient (Wildman–Crippen LogP) is 5.26. The smallest absolute Gasteiger partial charge is 0.261 e. The first-order valence-electron chi connectivity index (χ1n) is 9.79. The van der Waals surface area contributed by atoms with Crippen molar-refractivity contribution in [1.29, 1.82) is 0 Å². The van der Waals surface area contributed by atoms with Crippen LogP contribution >= 0.6 is 22.7 Å². The lowest BCUT2D eigenvalue weighted by molar-refractivity contribution is 0.479. The fourth-order valence-corrected chi connectivity index (χ4v) is 5.77. The van der Waals surface area contributed by atoms with Gasteiger partial charge in [-0.2, -0.15) is 5.10 Å². The zero-order chi connectivity index (χ0) is 20.9. The summed E-state index contributed by atoms with van der Waals surface area (Å²) < 4.78 is 1.08. The van der Waals surface area contributed by atoms with E-state index in [0.29, 0.717) is 23.0 Å². The largest absolute Gasteiger partial charge is 0.506 e. The van der Waals surface area contributed by atoms with Crippen molar-refractivity contribution in [1.82, 2.24) is 9.97 Å². The normalized spacial score (nSPS) is 16.3. The summed E-state index contributed by atoms with van der Waals surface area (Å²) in [7, 11) is 0. The Kier molecular flexibility index (Phi) is 4.15. The number of anilines is 1. The van der Waals surface area contributed by atoms with E-state index in [0.717, 1.165) is 20.2 Å². The number of thiophene rings is 1. The van der Waals surface area contributed by atoms with E-state index < -0.39 is 0 Å². The molecule has 0 amide bonds. The maximum absolute atomic E-state index is 12.9. The first kappa shape index (κ1) is 18.3. The molecule has 0 spiro atoms.